The lowest BCUT2D eigenvalue weighted by Crippen LogP contribution is -2.40. The van der Waals surface area contributed by atoms with Crippen LogP contribution in [0.3, 0.4) is 0 Å². The summed E-state index contributed by atoms with van der Waals surface area (Å²) < 4.78 is 11.2. The number of rotatable bonds is 6. The van der Waals surface area contributed by atoms with E-state index in [0.29, 0.717) is 18.8 Å². The van der Waals surface area contributed by atoms with Crippen LogP contribution in [0.1, 0.15) is 29.8 Å². The molecule has 1 N–H and O–H groups in total. The van der Waals surface area contributed by atoms with Gasteiger partial charge in [0.05, 0.1) is 25.4 Å². The summed E-state index contributed by atoms with van der Waals surface area (Å²) in [7, 11) is 0. The van der Waals surface area contributed by atoms with Gasteiger partial charge in [-0.2, -0.15) is 0 Å². The standard InChI is InChI=1S/C20H24N2O3/c1-14(2)25-18-5-3-16(4-6-18)20(23)22-19-13-24-12-17(19)11-15-7-9-21-10-8-15/h3-10,14,17,19H,11-13H2,1-2H3,(H,22,23)/t17-,19-/m1/s1. The third kappa shape index (κ3) is 4.79. The molecular weight excluding hydrogens is 316 g/mol. The van der Waals surface area contributed by atoms with E-state index in [0.717, 1.165) is 12.2 Å². The van der Waals surface area contributed by atoms with Crippen molar-refractivity contribution in [2.45, 2.75) is 32.4 Å². The molecule has 0 spiro atoms. The molecule has 0 unspecified atom stereocenters. The number of carbonyl (C=O) groups is 1. The summed E-state index contributed by atoms with van der Waals surface area (Å²) in [5.41, 5.74) is 1.84. The minimum Gasteiger partial charge on any atom is -0.491 e. The van der Waals surface area contributed by atoms with Crippen molar-refractivity contribution in [2.75, 3.05) is 13.2 Å². The monoisotopic (exact) mass is 340 g/mol. The quantitative estimate of drug-likeness (QED) is 0.878. The third-order valence-electron chi connectivity index (χ3n) is 4.25. The van der Waals surface area contributed by atoms with Gasteiger partial charge < -0.3 is 14.8 Å². The SMILES string of the molecule is CC(C)Oc1ccc(C(=O)N[C@@H]2COC[C@H]2Cc2ccncc2)cc1. The first-order valence-electron chi connectivity index (χ1n) is 8.66. The van der Waals surface area contributed by atoms with Crippen LogP contribution in [0.4, 0.5) is 0 Å². The maximum atomic E-state index is 12.5. The van der Waals surface area contributed by atoms with E-state index < -0.39 is 0 Å². The lowest BCUT2D eigenvalue weighted by molar-refractivity contribution is 0.0925. The van der Waals surface area contributed by atoms with Crippen LogP contribution < -0.4 is 10.1 Å². The minimum atomic E-state index is -0.0775. The third-order valence-corrected chi connectivity index (χ3v) is 4.25. The van der Waals surface area contributed by atoms with Crippen molar-refractivity contribution in [3.05, 3.63) is 59.9 Å². The molecule has 0 saturated carbocycles. The molecule has 2 atom stereocenters. The van der Waals surface area contributed by atoms with E-state index in [4.69, 9.17) is 9.47 Å². The largest absolute Gasteiger partial charge is 0.491 e. The second-order valence-corrected chi connectivity index (χ2v) is 6.63. The summed E-state index contributed by atoms with van der Waals surface area (Å²) >= 11 is 0. The van der Waals surface area contributed by atoms with Crippen molar-refractivity contribution in [1.82, 2.24) is 10.3 Å². The Kier molecular flexibility index (Phi) is 5.66. The maximum absolute atomic E-state index is 12.5. The number of amides is 1. The summed E-state index contributed by atoms with van der Waals surface area (Å²) in [5, 5.41) is 3.11. The Hall–Kier alpha value is -2.40. The highest BCUT2D eigenvalue weighted by Gasteiger charge is 2.29. The summed E-state index contributed by atoms with van der Waals surface area (Å²) in [5.74, 6) is 0.965. The maximum Gasteiger partial charge on any atom is 0.251 e. The van der Waals surface area contributed by atoms with Gasteiger partial charge >= 0.3 is 0 Å². The van der Waals surface area contributed by atoms with Crippen LogP contribution in [0.5, 0.6) is 5.75 Å². The van der Waals surface area contributed by atoms with Gasteiger partial charge in [-0.3, -0.25) is 9.78 Å². The molecule has 1 aliphatic rings. The summed E-state index contributed by atoms with van der Waals surface area (Å²) in [6, 6.07) is 11.3. The van der Waals surface area contributed by atoms with Gasteiger partial charge in [0, 0.05) is 23.9 Å². The van der Waals surface area contributed by atoms with Gasteiger partial charge in [0.25, 0.3) is 5.91 Å². The molecule has 0 aliphatic carbocycles. The first-order chi connectivity index (χ1) is 12.1. The van der Waals surface area contributed by atoms with Gasteiger partial charge in [0.1, 0.15) is 5.75 Å². The molecule has 1 saturated heterocycles. The van der Waals surface area contributed by atoms with Crippen LogP contribution in [0, 0.1) is 5.92 Å². The normalized spacial score (nSPS) is 19.8. The van der Waals surface area contributed by atoms with E-state index >= 15 is 0 Å². The van der Waals surface area contributed by atoms with Crippen LogP contribution in [0.2, 0.25) is 0 Å². The predicted octanol–water partition coefficient (Wildman–Crippen LogP) is 2.86. The molecule has 5 nitrogen and oxygen atoms in total. The highest BCUT2D eigenvalue weighted by atomic mass is 16.5. The smallest absolute Gasteiger partial charge is 0.251 e. The fourth-order valence-electron chi connectivity index (χ4n) is 2.99. The molecule has 1 aromatic carbocycles. The molecule has 0 radical (unpaired) electrons. The lowest BCUT2D eigenvalue weighted by atomic mass is 9.95. The van der Waals surface area contributed by atoms with Crippen LogP contribution in [-0.4, -0.2) is 36.3 Å². The molecule has 3 rings (SSSR count). The molecule has 5 heteroatoms. The van der Waals surface area contributed by atoms with Gasteiger partial charge in [-0.1, -0.05) is 0 Å². The summed E-state index contributed by atoms with van der Waals surface area (Å²) in [4.78, 5) is 16.6. The van der Waals surface area contributed by atoms with E-state index in [1.165, 1.54) is 5.56 Å². The average Bonchev–Trinajstić information content (AvgIpc) is 3.02. The number of nitrogens with one attached hydrogen (secondary N) is 1. The Morgan fingerprint density at radius 3 is 2.60 bits per heavy atom. The molecule has 1 amide bonds. The average molecular weight is 340 g/mol. The summed E-state index contributed by atoms with van der Waals surface area (Å²) in [6.07, 6.45) is 4.57. The van der Waals surface area contributed by atoms with Gasteiger partial charge in [-0.05, 0) is 62.2 Å². The Morgan fingerprint density at radius 1 is 1.20 bits per heavy atom. The van der Waals surface area contributed by atoms with E-state index in [-0.39, 0.29) is 24.0 Å². The van der Waals surface area contributed by atoms with Crippen LogP contribution in [0.25, 0.3) is 0 Å². The number of aromatic nitrogens is 1. The first-order valence-corrected chi connectivity index (χ1v) is 8.66. The molecule has 1 aromatic heterocycles. The molecule has 0 bridgehead atoms. The molecule has 25 heavy (non-hydrogen) atoms. The number of benzene rings is 1. The van der Waals surface area contributed by atoms with Crippen molar-refractivity contribution in [1.29, 1.82) is 0 Å². The molecule has 1 fully saturated rings. The fourth-order valence-corrected chi connectivity index (χ4v) is 2.99. The van der Waals surface area contributed by atoms with Gasteiger partial charge in [0.2, 0.25) is 0 Å². The van der Waals surface area contributed by atoms with Crippen molar-refractivity contribution in [3.63, 3.8) is 0 Å². The number of carbonyl (C=O) groups excluding carboxylic acids is 1. The zero-order valence-electron chi connectivity index (χ0n) is 14.6. The van der Waals surface area contributed by atoms with Crippen LogP contribution in [-0.2, 0) is 11.2 Å². The fraction of sp³-hybridized carbons (Fsp3) is 0.400. The summed E-state index contributed by atoms with van der Waals surface area (Å²) in [6.45, 7) is 5.16. The molecule has 132 valence electrons. The highest BCUT2D eigenvalue weighted by Crippen LogP contribution is 2.20. The number of pyridine rings is 1. The van der Waals surface area contributed by atoms with Crippen LogP contribution >= 0.6 is 0 Å². The Morgan fingerprint density at radius 2 is 1.92 bits per heavy atom. The zero-order valence-corrected chi connectivity index (χ0v) is 14.6. The van der Waals surface area contributed by atoms with E-state index in [2.05, 4.69) is 10.3 Å². The Bertz CT molecular complexity index is 686. The second kappa shape index (κ2) is 8.12. The minimum absolute atomic E-state index is 0.0206. The van der Waals surface area contributed by atoms with Crippen molar-refractivity contribution >= 4 is 5.91 Å². The van der Waals surface area contributed by atoms with E-state index in [9.17, 15) is 4.79 Å². The van der Waals surface area contributed by atoms with E-state index in [1.807, 2.05) is 38.1 Å². The number of nitrogens with zero attached hydrogens (tertiary/aromatic N) is 1. The lowest BCUT2D eigenvalue weighted by Gasteiger charge is -2.19. The van der Waals surface area contributed by atoms with Gasteiger partial charge in [-0.15, -0.1) is 0 Å². The number of ether oxygens (including phenoxy) is 2. The van der Waals surface area contributed by atoms with Crippen LogP contribution in [0.15, 0.2) is 48.8 Å². The molecule has 2 heterocycles. The molecule has 2 aromatic rings. The molecule has 1 aliphatic heterocycles. The van der Waals surface area contributed by atoms with Crippen molar-refractivity contribution in [3.8, 4) is 5.75 Å². The number of hydrogen-bond acceptors (Lipinski definition) is 4. The zero-order chi connectivity index (χ0) is 17.6. The Balaban J connectivity index is 1.59. The van der Waals surface area contributed by atoms with Gasteiger partial charge in [0.15, 0.2) is 0 Å². The van der Waals surface area contributed by atoms with Crippen molar-refractivity contribution < 1.29 is 14.3 Å². The second-order valence-electron chi connectivity index (χ2n) is 6.63. The molecular formula is C20H24N2O3. The number of hydrogen-bond donors (Lipinski definition) is 1. The Labute approximate surface area is 148 Å². The highest BCUT2D eigenvalue weighted by molar-refractivity contribution is 5.94. The van der Waals surface area contributed by atoms with E-state index in [1.54, 1.807) is 24.5 Å². The van der Waals surface area contributed by atoms with Gasteiger partial charge in [-0.25, -0.2) is 0 Å². The predicted molar refractivity (Wildman–Crippen MR) is 95.7 cm³/mol. The first kappa shape index (κ1) is 17.4. The topological polar surface area (TPSA) is 60.5 Å². The van der Waals surface area contributed by atoms with Crippen molar-refractivity contribution in [2.24, 2.45) is 5.92 Å².